The van der Waals surface area contributed by atoms with Gasteiger partial charge in [-0.1, -0.05) is 0 Å². The summed E-state index contributed by atoms with van der Waals surface area (Å²) < 4.78 is 5.46. The number of nitrogens with zero attached hydrogens (tertiary/aromatic N) is 4. The van der Waals surface area contributed by atoms with Crippen LogP contribution in [-0.4, -0.2) is 78.1 Å². The molecule has 2 fully saturated rings. The zero-order valence-corrected chi connectivity index (χ0v) is 13.8. The van der Waals surface area contributed by atoms with Crippen molar-refractivity contribution in [3.8, 4) is 0 Å². The molecule has 7 nitrogen and oxygen atoms in total. The Bertz CT molecular complexity index is 501. The first kappa shape index (κ1) is 16.4. The first-order valence-corrected chi connectivity index (χ1v) is 8.53. The van der Waals surface area contributed by atoms with Crippen LogP contribution in [0.15, 0.2) is 12.4 Å². The average molecular weight is 321 g/mol. The first-order valence-electron chi connectivity index (χ1n) is 8.53. The summed E-state index contributed by atoms with van der Waals surface area (Å²) in [7, 11) is 0. The minimum atomic E-state index is 0.182. The topological polar surface area (TPSA) is 73.8 Å². The molecule has 2 aliphatic rings. The number of morpholine rings is 1. The lowest BCUT2D eigenvalue weighted by molar-refractivity contribution is 0.00181. The van der Waals surface area contributed by atoms with Crippen LogP contribution in [0.3, 0.4) is 0 Å². The Balaban J connectivity index is 1.53. The van der Waals surface area contributed by atoms with E-state index in [4.69, 9.17) is 4.74 Å². The first-order chi connectivity index (χ1) is 11.3. The Morgan fingerprint density at radius 1 is 1.39 bits per heavy atom. The molecule has 23 heavy (non-hydrogen) atoms. The zero-order chi connectivity index (χ0) is 16.1. The third-order valence-corrected chi connectivity index (χ3v) is 4.75. The summed E-state index contributed by atoms with van der Waals surface area (Å²) in [5.74, 6) is 1.75. The van der Waals surface area contributed by atoms with Crippen LogP contribution >= 0.6 is 0 Å². The molecule has 7 heteroatoms. The van der Waals surface area contributed by atoms with Crippen LogP contribution in [0.2, 0.25) is 0 Å². The van der Waals surface area contributed by atoms with E-state index in [0.29, 0.717) is 6.04 Å². The summed E-state index contributed by atoms with van der Waals surface area (Å²) in [6.45, 7) is 7.79. The number of anilines is 2. The van der Waals surface area contributed by atoms with Crippen molar-refractivity contribution >= 4 is 11.6 Å². The van der Waals surface area contributed by atoms with Crippen LogP contribution < -0.4 is 10.2 Å². The number of aliphatic hydroxyl groups excluding tert-OH is 1. The van der Waals surface area contributed by atoms with Gasteiger partial charge in [0.1, 0.15) is 18.0 Å². The molecular weight excluding hydrogens is 294 g/mol. The van der Waals surface area contributed by atoms with Crippen molar-refractivity contribution in [2.24, 2.45) is 0 Å². The maximum absolute atomic E-state index is 9.46. The minimum Gasteiger partial charge on any atom is -0.394 e. The van der Waals surface area contributed by atoms with Crippen LogP contribution in [0, 0.1) is 0 Å². The van der Waals surface area contributed by atoms with Crippen molar-refractivity contribution in [2.75, 3.05) is 56.2 Å². The van der Waals surface area contributed by atoms with E-state index >= 15 is 0 Å². The highest BCUT2D eigenvalue weighted by Crippen LogP contribution is 2.24. The summed E-state index contributed by atoms with van der Waals surface area (Å²) in [6, 6.07) is 2.64. The predicted octanol–water partition coefficient (Wildman–Crippen LogP) is 0.570. The quantitative estimate of drug-likeness (QED) is 0.793. The molecule has 1 aromatic rings. The maximum atomic E-state index is 9.46. The monoisotopic (exact) mass is 321 g/mol. The number of nitrogens with one attached hydrogen (secondary N) is 1. The fourth-order valence-electron chi connectivity index (χ4n) is 3.35. The minimum absolute atomic E-state index is 0.182. The highest BCUT2D eigenvalue weighted by Gasteiger charge is 2.25. The van der Waals surface area contributed by atoms with Gasteiger partial charge in [-0.2, -0.15) is 0 Å². The highest BCUT2D eigenvalue weighted by molar-refractivity contribution is 5.49. The number of hydrogen-bond acceptors (Lipinski definition) is 7. The summed E-state index contributed by atoms with van der Waals surface area (Å²) in [6.07, 6.45) is 3.73. The van der Waals surface area contributed by atoms with Crippen molar-refractivity contribution in [2.45, 2.75) is 31.8 Å². The molecule has 0 amide bonds. The van der Waals surface area contributed by atoms with Gasteiger partial charge in [0.15, 0.2) is 0 Å². The molecule has 2 atom stereocenters. The van der Waals surface area contributed by atoms with E-state index in [1.165, 1.54) is 0 Å². The SMILES string of the molecule is C[C@@H]1COCCN1CCNc1cc(N2CCC[C@H]2CO)ncn1. The second kappa shape index (κ2) is 7.90. The molecule has 2 N–H and O–H groups in total. The van der Waals surface area contributed by atoms with Gasteiger partial charge in [-0.05, 0) is 19.8 Å². The van der Waals surface area contributed by atoms with Crippen LogP contribution in [-0.2, 0) is 4.74 Å². The molecule has 0 aromatic carbocycles. The molecule has 0 aliphatic carbocycles. The lowest BCUT2D eigenvalue weighted by Crippen LogP contribution is -2.45. The summed E-state index contributed by atoms with van der Waals surface area (Å²) >= 11 is 0. The van der Waals surface area contributed by atoms with Gasteiger partial charge >= 0.3 is 0 Å². The van der Waals surface area contributed by atoms with E-state index in [0.717, 1.165) is 63.9 Å². The zero-order valence-electron chi connectivity index (χ0n) is 13.8. The van der Waals surface area contributed by atoms with E-state index in [9.17, 15) is 5.11 Å². The third-order valence-electron chi connectivity index (χ3n) is 4.75. The molecule has 2 saturated heterocycles. The van der Waals surface area contributed by atoms with Crippen LogP contribution in [0.1, 0.15) is 19.8 Å². The maximum Gasteiger partial charge on any atom is 0.134 e. The van der Waals surface area contributed by atoms with Crippen molar-refractivity contribution in [3.05, 3.63) is 12.4 Å². The predicted molar refractivity (Wildman–Crippen MR) is 89.8 cm³/mol. The molecule has 3 heterocycles. The van der Waals surface area contributed by atoms with Gasteiger partial charge in [-0.15, -0.1) is 0 Å². The molecule has 0 radical (unpaired) electrons. The molecule has 2 aliphatic heterocycles. The Morgan fingerprint density at radius 3 is 3.13 bits per heavy atom. The van der Waals surface area contributed by atoms with Gasteiger partial charge in [0.05, 0.1) is 25.9 Å². The van der Waals surface area contributed by atoms with Gasteiger partial charge in [-0.25, -0.2) is 9.97 Å². The van der Waals surface area contributed by atoms with E-state index in [1.54, 1.807) is 6.33 Å². The lowest BCUT2D eigenvalue weighted by atomic mass is 10.2. The Morgan fingerprint density at radius 2 is 2.30 bits per heavy atom. The van der Waals surface area contributed by atoms with Crippen LogP contribution in [0.25, 0.3) is 0 Å². The third kappa shape index (κ3) is 4.10. The van der Waals surface area contributed by atoms with Crippen molar-refractivity contribution in [3.63, 3.8) is 0 Å². The number of ether oxygens (including phenoxy) is 1. The number of aromatic nitrogens is 2. The second-order valence-corrected chi connectivity index (χ2v) is 6.32. The Labute approximate surface area is 137 Å². The average Bonchev–Trinajstić information content (AvgIpc) is 3.06. The van der Waals surface area contributed by atoms with Gasteiger partial charge in [0.2, 0.25) is 0 Å². The second-order valence-electron chi connectivity index (χ2n) is 6.32. The Hall–Kier alpha value is -1.44. The van der Waals surface area contributed by atoms with Crippen LogP contribution in [0.4, 0.5) is 11.6 Å². The van der Waals surface area contributed by atoms with E-state index in [2.05, 4.69) is 32.0 Å². The molecule has 0 unspecified atom stereocenters. The fourth-order valence-corrected chi connectivity index (χ4v) is 3.35. The van der Waals surface area contributed by atoms with Crippen molar-refractivity contribution in [1.29, 1.82) is 0 Å². The van der Waals surface area contributed by atoms with Crippen LogP contribution in [0.5, 0.6) is 0 Å². The molecule has 0 bridgehead atoms. The summed E-state index contributed by atoms with van der Waals surface area (Å²) in [4.78, 5) is 13.3. The van der Waals surface area contributed by atoms with Gasteiger partial charge in [0.25, 0.3) is 0 Å². The molecular formula is C16H27N5O2. The molecule has 3 rings (SSSR count). The number of rotatable bonds is 6. The van der Waals surface area contributed by atoms with Crippen molar-refractivity contribution in [1.82, 2.24) is 14.9 Å². The van der Waals surface area contributed by atoms with Crippen molar-refractivity contribution < 1.29 is 9.84 Å². The normalized spacial score (nSPS) is 25.7. The highest BCUT2D eigenvalue weighted by atomic mass is 16.5. The van der Waals surface area contributed by atoms with Gasteiger partial charge in [-0.3, -0.25) is 4.90 Å². The summed E-state index contributed by atoms with van der Waals surface area (Å²) in [5, 5.41) is 12.8. The Kier molecular flexibility index (Phi) is 5.64. The molecule has 0 saturated carbocycles. The molecule has 0 spiro atoms. The summed E-state index contributed by atoms with van der Waals surface area (Å²) in [5.41, 5.74) is 0. The standard InChI is InChI=1S/C16H27N5O2/c1-13-11-23-8-7-20(13)6-4-17-15-9-16(19-12-18-15)21-5-2-3-14(21)10-22/h9,12-14,22H,2-8,10-11H2,1H3,(H,17,18,19)/t13-,14+/m1/s1. The lowest BCUT2D eigenvalue weighted by Gasteiger charge is -2.33. The fraction of sp³-hybridized carbons (Fsp3) is 0.750. The van der Waals surface area contributed by atoms with E-state index in [-0.39, 0.29) is 12.6 Å². The van der Waals surface area contributed by atoms with Gasteiger partial charge < -0.3 is 20.1 Å². The molecule has 1 aromatic heterocycles. The smallest absolute Gasteiger partial charge is 0.134 e. The van der Waals surface area contributed by atoms with Gasteiger partial charge in [0, 0.05) is 38.3 Å². The number of hydrogen-bond donors (Lipinski definition) is 2. The molecule has 128 valence electrons. The largest absolute Gasteiger partial charge is 0.394 e. The van der Waals surface area contributed by atoms with E-state index in [1.807, 2.05) is 6.07 Å². The van der Waals surface area contributed by atoms with E-state index < -0.39 is 0 Å². The number of aliphatic hydroxyl groups is 1.